The van der Waals surface area contributed by atoms with Gasteiger partial charge in [0.05, 0.1) is 18.2 Å². The van der Waals surface area contributed by atoms with Gasteiger partial charge in [0.25, 0.3) is 5.56 Å². The van der Waals surface area contributed by atoms with Crippen molar-refractivity contribution in [3.05, 3.63) is 68.2 Å². The van der Waals surface area contributed by atoms with E-state index in [0.29, 0.717) is 5.56 Å². The lowest BCUT2D eigenvalue weighted by Gasteiger charge is -2.10. The Bertz CT molecular complexity index is 817. The lowest BCUT2D eigenvalue weighted by molar-refractivity contribution is 0.576. The topological polar surface area (TPSA) is 93.8 Å². The molecule has 2 rings (SSSR count). The second kappa shape index (κ2) is 6.15. The van der Waals surface area contributed by atoms with E-state index >= 15 is 0 Å². The Morgan fingerprint density at radius 1 is 1.29 bits per heavy atom. The third-order valence-corrected chi connectivity index (χ3v) is 3.02. The summed E-state index contributed by atoms with van der Waals surface area (Å²) in [7, 11) is 0. The van der Waals surface area contributed by atoms with E-state index < -0.39 is 17.1 Å². The van der Waals surface area contributed by atoms with Crippen molar-refractivity contribution < 1.29 is 4.39 Å². The minimum absolute atomic E-state index is 0.00430. The third-order valence-electron chi connectivity index (χ3n) is 3.02. The summed E-state index contributed by atoms with van der Waals surface area (Å²) in [6.45, 7) is 0.264. The summed E-state index contributed by atoms with van der Waals surface area (Å²) >= 11 is 0. The van der Waals surface area contributed by atoms with Crippen LogP contribution in [0.25, 0.3) is 0 Å². The highest BCUT2D eigenvalue weighted by molar-refractivity contribution is 5.37. The molecule has 108 valence electrons. The van der Waals surface area contributed by atoms with Gasteiger partial charge in [0.2, 0.25) is 0 Å². The zero-order valence-corrected chi connectivity index (χ0v) is 11.1. The molecule has 0 saturated heterocycles. The predicted octanol–water partition coefficient (Wildman–Crippen LogP) is 0.0278. The van der Waals surface area contributed by atoms with Gasteiger partial charge in [-0.3, -0.25) is 13.9 Å². The van der Waals surface area contributed by atoms with Crippen molar-refractivity contribution in [2.24, 2.45) is 5.73 Å². The Labute approximate surface area is 119 Å². The van der Waals surface area contributed by atoms with Crippen LogP contribution in [0.2, 0.25) is 0 Å². The first-order valence-corrected chi connectivity index (χ1v) is 6.25. The zero-order valence-electron chi connectivity index (χ0n) is 11.1. The van der Waals surface area contributed by atoms with E-state index in [4.69, 9.17) is 11.0 Å². The largest absolute Gasteiger partial charge is 0.331 e. The van der Waals surface area contributed by atoms with E-state index in [1.165, 1.54) is 35.0 Å². The van der Waals surface area contributed by atoms with Crippen LogP contribution in [0, 0.1) is 17.1 Å². The summed E-state index contributed by atoms with van der Waals surface area (Å²) in [5.41, 5.74) is 5.03. The minimum Gasteiger partial charge on any atom is -0.329 e. The number of hydrogen-bond donors (Lipinski definition) is 1. The lowest BCUT2D eigenvalue weighted by atomic mass is 10.1. The SMILES string of the molecule is N#Cc1ccc(F)cc1Cn1ccc(=O)n(CCN)c1=O. The summed E-state index contributed by atoms with van der Waals surface area (Å²) in [6.07, 6.45) is 1.32. The van der Waals surface area contributed by atoms with E-state index in [0.717, 1.165) is 4.57 Å². The average molecular weight is 288 g/mol. The van der Waals surface area contributed by atoms with Crippen LogP contribution in [-0.4, -0.2) is 15.7 Å². The fourth-order valence-corrected chi connectivity index (χ4v) is 2.00. The van der Waals surface area contributed by atoms with Crippen molar-refractivity contribution in [2.45, 2.75) is 13.1 Å². The fraction of sp³-hybridized carbons (Fsp3) is 0.214. The van der Waals surface area contributed by atoms with E-state index in [1.54, 1.807) is 0 Å². The van der Waals surface area contributed by atoms with Crippen molar-refractivity contribution in [1.29, 1.82) is 5.26 Å². The van der Waals surface area contributed by atoms with Gasteiger partial charge < -0.3 is 5.73 Å². The highest BCUT2D eigenvalue weighted by Gasteiger charge is 2.08. The van der Waals surface area contributed by atoms with Gasteiger partial charge in [-0.1, -0.05) is 0 Å². The second-order valence-electron chi connectivity index (χ2n) is 4.42. The molecule has 1 aromatic carbocycles. The number of benzene rings is 1. The second-order valence-corrected chi connectivity index (χ2v) is 4.42. The van der Waals surface area contributed by atoms with Gasteiger partial charge in [-0.2, -0.15) is 5.26 Å². The smallest absolute Gasteiger partial charge is 0.329 e. The number of nitrogens with zero attached hydrogens (tertiary/aromatic N) is 3. The van der Waals surface area contributed by atoms with E-state index in [2.05, 4.69) is 0 Å². The Kier molecular flexibility index (Phi) is 4.30. The molecule has 21 heavy (non-hydrogen) atoms. The molecule has 7 heteroatoms. The van der Waals surface area contributed by atoms with Crippen LogP contribution >= 0.6 is 0 Å². The maximum Gasteiger partial charge on any atom is 0.331 e. The molecule has 0 amide bonds. The van der Waals surface area contributed by atoms with Crippen LogP contribution in [0.4, 0.5) is 4.39 Å². The lowest BCUT2D eigenvalue weighted by Crippen LogP contribution is -2.40. The summed E-state index contributed by atoms with van der Waals surface area (Å²) in [5, 5.41) is 9.01. The van der Waals surface area contributed by atoms with Crippen LogP contribution in [0.1, 0.15) is 11.1 Å². The fourth-order valence-electron chi connectivity index (χ4n) is 2.00. The zero-order chi connectivity index (χ0) is 15.4. The first kappa shape index (κ1) is 14.7. The Morgan fingerprint density at radius 2 is 2.05 bits per heavy atom. The molecular weight excluding hydrogens is 275 g/mol. The third kappa shape index (κ3) is 3.07. The van der Waals surface area contributed by atoms with Crippen molar-refractivity contribution in [1.82, 2.24) is 9.13 Å². The molecule has 0 saturated carbocycles. The van der Waals surface area contributed by atoms with Gasteiger partial charge in [0.15, 0.2) is 0 Å². The molecular formula is C14H13FN4O2. The molecule has 0 aliphatic rings. The molecule has 0 bridgehead atoms. The van der Waals surface area contributed by atoms with Crippen LogP contribution in [0.5, 0.6) is 0 Å². The van der Waals surface area contributed by atoms with Crippen molar-refractivity contribution in [3.8, 4) is 6.07 Å². The predicted molar refractivity (Wildman–Crippen MR) is 74.2 cm³/mol. The van der Waals surface area contributed by atoms with Gasteiger partial charge in [0.1, 0.15) is 5.82 Å². The molecule has 0 fully saturated rings. The van der Waals surface area contributed by atoms with E-state index in [1.807, 2.05) is 6.07 Å². The Morgan fingerprint density at radius 3 is 2.71 bits per heavy atom. The minimum atomic E-state index is -0.541. The molecule has 0 unspecified atom stereocenters. The standard InChI is InChI=1S/C14H13FN4O2/c15-12-2-1-10(8-17)11(7-12)9-18-5-3-13(20)19(6-4-16)14(18)21/h1-3,5,7H,4,6,9,16H2. The first-order chi connectivity index (χ1) is 10.1. The Hall–Kier alpha value is -2.72. The van der Waals surface area contributed by atoms with Crippen molar-refractivity contribution in [3.63, 3.8) is 0 Å². The van der Waals surface area contributed by atoms with Crippen molar-refractivity contribution >= 4 is 0 Å². The average Bonchev–Trinajstić information content (AvgIpc) is 2.47. The molecule has 2 N–H and O–H groups in total. The van der Waals surface area contributed by atoms with Crippen molar-refractivity contribution in [2.75, 3.05) is 6.54 Å². The van der Waals surface area contributed by atoms with Gasteiger partial charge in [-0.05, 0) is 23.8 Å². The van der Waals surface area contributed by atoms with Crippen LogP contribution in [0.15, 0.2) is 40.1 Å². The highest BCUT2D eigenvalue weighted by Crippen LogP contribution is 2.11. The molecule has 0 spiro atoms. The highest BCUT2D eigenvalue weighted by atomic mass is 19.1. The molecule has 1 aromatic heterocycles. The monoisotopic (exact) mass is 288 g/mol. The molecule has 1 heterocycles. The quantitative estimate of drug-likeness (QED) is 0.858. The maximum atomic E-state index is 13.3. The number of halogens is 1. The number of rotatable bonds is 4. The molecule has 0 aliphatic heterocycles. The summed E-state index contributed by atoms with van der Waals surface area (Å²) < 4.78 is 15.5. The summed E-state index contributed by atoms with van der Waals surface area (Å²) in [6, 6.07) is 6.91. The summed E-state index contributed by atoms with van der Waals surface area (Å²) in [4.78, 5) is 23.8. The number of nitriles is 1. The Balaban J connectivity index is 2.48. The van der Waals surface area contributed by atoms with E-state index in [9.17, 15) is 14.0 Å². The maximum absolute atomic E-state index is 13.3. The molecule has 0 aliphatic carbocycles. The first-order valence-electron chi connectivity index (χ1n) is 6.25. The number of nitrogens with two attached hydrogens (primary N) is 1. The summed E-state index contributed by atoms with van der Waals surface area (Å²) in [5.74, 6) is -0.493. The van der Waals surface area contributed by atoms with Gasteiger partial charge in [0, 0.05) is 25.4 Å². The van der Waals surface area contributed by atoms with Gasteiger partial charge in [-0.15, -0.1) is 0 Å². The molecule has 6 nitrogen and oxygen atoms in total. The molecule has 0 atom stereocenters. The van der Waals surface area contributed by atoms with E-state index in [-0.39, 0.29) is 25.2 Å². The number of aromatic nitrogens is 2. The number of hydrogen-bond acceptors (Lipinski definition) is 4. The van der Waals surface area contributed by atoms with Crippen LogP contribution in [0.3, 0.4) is 0 Å². The van der Waals surface area contributed by atoms with Gasteiger partial charge >= 0.3 is 5.69 Å². The molecule has 2 aromatic rings. The van der Waals surface area contributed by atoms with Gasteiger partial charge in [-0.25, -0.2) is 9.18 Å². The van der Waals surface area contributed by atoms with Crippen LogP contribution in [-0.2, 0) is 13.1 Å². The normalized spacial score (nSPS) is 10.3. The van der Waals surface area contributed by atoms with Crippen LogP contribution < -0.4 is 17.0 Å². The molecule has 0 radical (unpaired) electrons.